The van der Waals surface area contributed by atoms with E-state index in [2.05, 4.69) is 54.5 Å². The number of hydrogen-bond acceptors (Lipinski definition) is 6. The standard InChI is InChI=1S/C37H56O6/c1-10-11-18-40-29-15-12-26(13-16-29)31-20-27-14-17-30(19-28(27)21-41-32(31)38)42-35(6,7)24-36(8,9)43-33(39)37(25(2)3)22-34(4,5)23-37/h12-13,15-16,20,25,27-28,30H,10-11,14,17-19,21-24H2,1-9H3. The van der Waals surface area contributed by atoms with Crippen molar-refractivity contribution in [2.24, 2.45) is 28.6 Å². The van der Waals surface area contributed by atoms with Crippen molar-refractivity contribution in [3.05, 3.63) is 35.9 Å². The molecule has 6 heteroatoms. The predicted octanol–water partition coefficient (Wildman–Crippen LogP) is 8.56. The molecule has 0 spiro atoms. The Hall–Kier alpha value is -2.34. The molecule has 2 fully saturated rings. The first-order valence-corrected chi connectivity index (χ1v) is 16.6. The van der Waals surface area contributed by atoms with Gasteiger partial charge in [-0.2, -0.15) is 0 Å². The van der Waals surface area contributed by atoms with Gasteiger partial charge in [-0.15, -0.1) is 0 Å². The lowest BCUT2D eigenvalue weighted by Gasteiger charge is -2.54. The molecule has 0 bridgehead atoms. The van der Waals surface area contributed by atoms with Crippen LogP contribution in [-0.4, -0.2) is 42.5 Å². The number of benzene rings is 1. The summed E-state index contributed by atoms with van der Waals surface area (Å²) in [5, 5.41) is 0. The highest BCUT2D eigenvalue weighted by atomic mass is 16.6. The molecule has 43 heavy (non-hydrogen) atoms. The molecule has 0 aromatic heterocycles. The average molecular weight is 597 g/mol. The third-order valence-corrected chi connectivity index (χ3v) is 9.76. The number of carbonyl (C=O) groups excluding carboxylic acids is 2. The molecule has 1 aromatic rings. The van der Waals surface area contributed by atoms with Gasteiger partial charge in [-0.25, -0.2) is 4.79 Å². The van der Waals surface area contributed by atoms with E-state index >= 15 is 0 Å². The van der Waals surface area contributed by atoms with Crippen LogP contribution in [0.3, 0.4) is 0 Å². The minimum Gasteiger partial charge on any atom is -0.494 e. The summed E-state index contributed by atoms with van der Waals surface area (Å²) in [6, 6.07) is 7.77. The summed E-state index contributed by atoms with van der Waals surface area (Å²) in [5.41, 5.74) is 0.182. The molecule has 4 rings (SSSR count). The van der Waals surface area contributed by atoms with Gasteiger partial charge >= 0.3 is 11.9 Å². The van der Waals surface area contributed by atoms with Gasteiger partial charge in [0.2, 0.25) is 0 Å². The van der Waals surface area contributed by atoms with Crippen LogP contribution in [0.4, 0.5) is 0 Å². The lowest BCUT2D eigenvalue weighted by molar-refractivity contribution is -0.197. The topological polar surface area (TPSA) is 71.1 Å². The van der Waals surface area contributed by atoms with Gasteiger partial charge in [-0.05, 0) is 101 Å². The van der Waals surface area contributed by atoms with Gasteiger partial charge < -0.3 is 18.9 Å². The van der Waals surface area contributed by atoms with Crippen LogP contribution in [0.2, 0.25) is 0 Å². The second kappa shape index (κ2) is 12.9. The SMILES string of the molecule is CCCCOc1ccc(C2=CC3CCC(OC(C)(C)CC(C)(C)OC(=O)C4(C(C)C)CC(C)(C)C4)CC3COC2=O)cc1. The van der Waals surface area contributed by atoms with Crippen LogP contribution in [0.1, 0.15) is 119 Å². The summed E-state index contributed by atoms with van der Waals surface area (Å²) in [6.07, 6.45) is 9.34. The van der Waals surface area contributed by atoms with E-state index in [1.165, 1.54) is 0 Å². The van der Waals surface area contributed by atoms with Crippen LogP contribution < -0.4 is 4.74 Å². The fourth-order valence-corrected chi connectivity index (χ4v) is 7.94. The van der Waals surface area contributed by atoms with Crippen molar-refractivity contribution in [1.82, 2.24) is 0 Å². The zero-order chi connectivity index (χ0) is 31.6. The van der Waals surface area contributed by atoms with E-state index in [-0.39, 0.29) is 41.2 Å². The summed E-state index contributed by atoms with van der Waals surface area (Å²) in [7, 11) is 0. The molecule has 2 saturated carbocycles. The number of rotatable bonds is 12. The summed E-state index contributed by atoms with van der Waals surface area (Å²) in [6.45, 7) is 20.2. The first kappa shape index (κ1) is 33.6. The van der Waals surface area contributed by atoms with E-state index in [0.717, 1.165) is 56.3 Å². The van der Waals surface area contributed by atoms with E-state index in [0.29, 0.717) is 25.2 Å². The molecule has 0 amide bonds. The van der Waals surface area contributed by atoms with Crippen molar-refractivity contribution < 1.29 is 28.5 Å². The van der Waals surface area contributed by atoms with E-state index in [1.54, 1.807) is 0 Å². The van der Waals surface area contributed by atoms with Crippen molar-refractivity contribution in [3.8, 4) is 5.75 Å². The van der Waals surface area contributed by atoms with Crippen molar-refractivity contribution in [1.29, 1.82) is 0 Å². The van der Waals surface area contributed by atoms with Gasteiger partial charge in [-0.3, -0.25) is 4.79 Å². The zero-order valence-electron chi connectivity index (χ0n) is 28.2. The Labute approximate surface area is 260 Å². The number of esters is 2. The Balaban J connectivity index is 1.35. The maximum atomic E-state index is 13.5. The quantitative estimate of drug-likeness (QED) is 0.178. The highest BCUT2D eigenvalue weighted by Crippen LogP contribution is 2.59. The number of hydrogen-bond donors (Lipinski definition) is 0. The van der Waals surface area contributed by atoms with E-state index in [9.17, 15) is 9.59 Å². The number of fused-ring (bicyclic) bond motifs is 1. The van der Waals surface area contributed by atoms with E-state index < -0.39 is 16.6 Å². The number of cyclic esters (lactones) is 1. The van der Waals surface area contributed by atoms with E-state index in [4.69, 9.17) is 18.9 Å². The molecular weight excluding hydrogens is 540 g/mol. The molecule has 1 aromatic carbocycles. The summed E-state index contributed by atoms with van der Waals surface area (Å²) < 4.78 is 24.5. The molecule has 2 aliphatic carbocycles. The van der Waals surface area contributed by atoms with Gasteiger partial charge in [0.05, 0.1) is 35.9 Å². The van der Waals surface area contributed by atoms with Gasteiger partial charge in [-0.1, -0.05) is 59.2 Å². The Morgan fingerprint density at radius 3 is 2.33 bits per heavy atom. The molecule has 0 N–H and O–H groups in total. The zero-order valence-corrected chi connectivity index (χ0v) is 28.2. The Kier molecular flexibility index (Phi) is 10.1. The van der Waals surface area contributed by atoms with Crippen LogP contribution in [0.15, 0.2) is 30.3 Å². The largest absolute Gasteiger partial charge is 0.494 e. The number of carbonyl (C=O) groups is 2. The van der Waals surface area contributed by atoms with Gasteiger partial charge in [0.25, 0.3) is 0 Å². The number of unbranched alkanes of at least 4 members (excludes halogenated alkanes) is 1. The number of ether oxygens (including phenoxy) is 4. The van der Waals surface area contributed by atoms with E-state index in [1.807, 2.05) is 38.1 Å². The smallest absolute Gasteiger partial charge is 0.338 e. The molecule has 3 aliphatic rings. The molecule has 0 radical (unpaired) electrons. The normalized spacial score (nSPS) is 25.1. The molecule has 3 atom stereocenters. The molecular formula is C37H56O6. The minimum atomic E-state index is -0.647. The van der Waals surface area contributed by atoms with Gasteiger partial charge in [0.1, 0.15) is 11.4 Å². The first-order valence-electron chi connectivity index (χ1n) is 16.6. The highest BCUT2D eigenvalue weighted by Gasteiger charge is 2.58. The average Bonchev–Trinajstić information content (AvgIpc) is 3.04. The van der Waals surface area contributed by atoms with Crippen molar-refractivity contribution in [3.63, 3.8) is 0 Å². The minimum absolute atomic E-state index is 0.0606. The lowest BCUT2D eigenvalue weighted by Crippen LogP contribution is -2.54. The molecule has 1 heterocycles. The first-order chi connectivity index (χ1) is 20.0. The maximum absolute atomic E-state index is 13.5. The van der Waals surface area contributed by atoms with Crippen LogP contribution in [-0.2, 0) is 23.8 Å². The monoisotopic (exact) mass is 596 g/mol. The van der Waals surface area contributed by atoms with Crippen LogP contribution >= 0.6 is 0 Å². The molecule has 3 unspecified atom stereocenters. The Morgan fingerprint density at radius 2 is 1.72 bits per heavy atom. The van der Waals surface area contributed by atoms with Crippen molar-refractivity contribution in [2.75, 3.05) is 13.2 Å². The fourth-order valence-electron chi connectivity index (χ4n) is 7.94. The molecule has 240 valence electrons. The van der Waals surface area contributed by atoms with Crippen molar-refractivity contribution >= 4 is 17.5 Å². The second-order valence-corrected chi connectivity index (χ2v) is 15.8. The Bertz CT molecular complexity index is 1150. The summed E-state index contributed by atoms with van der Waals surface area (Å²) in [5.74, 6) is 1.22. The van der Waals surface area contributed by atoms with Gasteiger partial charge in [0.15, 0.2) is 0 Å². The van der Waals surface area contributed by atoms with Gasteiger partial charge in [0, 0.05) is 12.3 Å². The van der Waals surface area contributed by atoms with Crippen LogP contribution in [0.25, 0.3) is 5.57 Å². The van der Waals surface area contributed by atoms with Crippen LogP contribution in [0, 0.1) is 28.6 Å². The summed E-state index contributed by atoms with van der Waals surface area (Å²) in [4.78, 5) is 26.5. The van der Waals surface area contributed by atoms with Crippen molar-refractivity contribution in [2.45, 2.75) is 131 Å². The molecule has 1 aliphatic heterocycles. The lowest BCUT2D eigenvalue weighted by atomic mass is 9.50. The predicted molar refractivity (Wildman–Crippen MR) is 171 cm³/mol. The maximum Gasteiger partial charge on any atom is 0.338 e. The van der Waals surface area contributed by atoms with Crippen LogP contribution in [0.5, 0.6) is 5.75 Å². The molecule has 0 saturated heterocycles. The number of allylic oxidation sites excluding steroid dienone is 1. The summed E-state index contributed by atoms with van der Waals surface area (Å²) >= 11 is 0. The second-order valence-electron chi connectivity index (χ2n) is 15.8. The third kappa shape index (κ3) is 8.23. The Morgan fingerprint density at radius 1 is 1.05 bits per heavy atom. The highest BCUT2D eigenvalue weighted by molar-refractivity contribution is 6.16. The third-order valence-electron chi connectivity index (χ3n) is 9.76. The fraction of sp³-hybridized carbons (Fsp3) is 0.730. The molecule has 6 nitrogen and oxygen atoms in total.